The minimum Gasteiger partial charge on any atom is -0.494 e. The maximum absolute atomic E-state index is 13.4. The molecule has 1 aliphatic carbocycles. The number of nitrogens with one attached hydrogen (secondary N) is 2. The van der Waals surface area contributed by atoms with Gasteiger partial charge in [0.15, 0.2) is 0 Å². The molecule has 14 heteroatoms. The Balaban J connectivity index is 0.880. The van der Waals surface area contributed by atoms with Gasteiger partial charge in [0.2, 0.25) is 11.8 Å². The second-order valence-electron chi connectivity index (χ2n) is 14.4. The van der Waals surface area contributed by atoms with E-state index < -0.39 is 11.9 Å². The average Bonchev–Trinajstić information content (AvgIpc) is 3.69. The molecule has 1 atom stereocenters. The van der Waals surface area contributed by atoms with Gasteiger partial charge in [-0.25, -0.2) is 14.8 Å². The Labute approximate surface area is 300 Å². The first-order chi connectivity index (χ1) is 25.3. The molecule has 3 amide bonds. The van der Waals surface area contributed by atoms with Gasteiger partial charge in [0, 0.05) is 43.9 Å². The first-order valence-electron chi connectivity index (χ1n) is 18.2. The number of para-hydroxylation sites is 1. The van der Waals surface area contributed by atoms with Crippen molar-refractivity contribution in [3.63, 3.8) is 0 Å². The van der Waals surface area contributed by atoms with Crippen LogP contribution in [0.4, 0.5) is 5.69 Å². The summed E-state index contributed by atoms with van der Waals surface area (Å²) in [5, 5.41) is 11.2. The lowest BCUT2D eigenvalue weighted by atomic mass is 9.84. The number of carbonyl (C=O) groups is 3. The molecule has 0 bridgehead atoms. The maximum atomic E-state index is 13.4. The summed E-state index contributed by atoms with van der Waals surface area (Å²) in [5.41, 5.74) is 4.26. The lowest BCUT2D eigenvalue weighted by Crippen LogP contribution is -2.44. The van der Waals surface area contributed by atoms with E-state index in [1.807, 2.05) is 24.3 Å². The van der Waals surface area contributed by atoms with Crippen molar-refractivity contribution in [2.24, 2.45) is 13.0 Å². The smallest absolute Gasteiger partial charge is 0.329 e. The van der Waals surface area contributed by atoms with Crippen molar-refractivity contribution in [1.82, 2.24) is 39.1 Å². The van der Waals surface area contributed by atoms with Gasteiger partial charge in [-0.2, -0.15) is 5.10 Å². The molecule has 1 saturated carbocycles. The molecule has 270 valence electrons. The number of aryl methyl sites for hydroxylation is 1. The number of ether oxygens (including phenoxy) is 1. The fourth-order valence-electron chi connectivity index (χ4n) is 8.55. The van der Waals surface area contributed by atoms with Crippen LogP contribution in [0.2, 0.25) is 0 Å². The van der Waals surface area contributed by atoms with Crippen molar-refractivity contribution in [2.45, 2.75) is 69.4 Å². The maximum Gasteiger partial charge on any atom is 0.329 e. The van der Waals surface area contributed by atoms with Crippen molar-refractivity contribution >= 4 is 45.3 Å². The Morgan fingerprint density at radius 3 is 2.56 bits per heavy atom. The lowest BCUT2D eigenvalue weighted by Gasteiger charge is -2.37. The van der Waals surface area contributed by atoms with E-state index in [4.69, 9.17) is 9.84 Å². The zero-order valence-electron chi connectivity index (χ0n) is 29.5. The van der Waals surface area contributed by atoms with Crippen LogP contribution < -0.4 is 21.1 Å². The number of piperidine rings is 2. The summed E-state index contributed by atoms with van der Waals surface area (Å²) < 4.78 is 10.9. The van der Waals surface area contributed by atoms with Crippen LogP contribution in [0.15, 0.2) is 59.9 Å². The fraction of sp³-hybridized carbons (Fsp3) is 0.447. The van der Waals surface area contributed by atoms with Crippen LogP contribution in [0.25, 0.3) is 21.9 Å². The highest BCUT2D eigenvalue weighted by Crippen LogP contribution is 2.38. The van der Waals surface area contributed by atoms with Crippen molar-refractivity contribution in [2.75, 3.05) is 32.1 Å². The van der Waals surface area contributed by atoms with Gasteiger partial charge in [0.1, 0.15) is 23.8 Å². The third kappa shape index (κ3) is 6.35. The van der Waals surface area contributed by atoms with Crippen LogP contribution >= 0.6 is 0 Å². The van der Waals surface area contributed by atoms with Crippen molar-refractivity contribution in [3.8, 4) is 5.75 Å². The third-order valence-corrected chi connectivity index (χ3v) is 11.3. The zero-order valence-corrected chi connectivity index (χ0v) is 29.5. The predicted molar refractivity (Wildman–Crippen MR) is 194 cm³/mol. The van der Waals surface area contributed by atoms with Crippen LogP contribution in [0.5, 0.6) is 5.75 Å². The summed E-state index contributed by atoms with van der Waals surface area (Å²) in [5.74, 6) is 0.470. The number of aromatic nitrogens is 6. The molecule has 2 N–H and O–H groups in total. The quantitative estimate of drug-likeness (QED) is 0.224. The molecule has 14 nitrogen and oxygen atoms in total. The number of anilines is 1. The first-order valence-corrected chi connectivity index (χ1v) is 18.2. The number of amides is 3. The Hall–Kier alpha value is -5.37. The molecule has 2 saturated heterocycles. The number of likely N-dealkylation sites (tertiary alicyclic amines) is 1. The minimum absolute atomic E-state index is 0.221. The summed E-state index contributed by atoms with van der Waals surface area (Å²) in [6.45, 7) is 3.10. The Kier molecular flexibility index (Phi) is 9.08. The highest BCUT2D eigenvalue weighted by molar-refractivity contribution is 6.05. The predicted octanol–water partition coefficient (Wildman–Crippen LogP) is 4.33. The normalized spacial score (nSPS) is 21.8. The van der Waals surface area contributed by atoms with E-state index in [0.29, 0.717) is 35.7 Å². The fourth-order valence-corrected chi connectivity index (χ4v) is 8.55. The van der Waals surface area contributed by atoms with Crippen LogP contribution in [0.3, 0.4) is 0 Å². The van der Waals surface area contributed by atoms with E-state index in [0.717, 1.165) is 85.7 Å². The van der Waals surface area contributed by atoms with Crippen LogP contribution in [0, 0.1) is 5.92 Å². The van der Waals surface area contributed by atoms with Crippen LogP contribution in [0.1, 0.15) is 85.4 Å². The van der Waals surface area contributed by atoms with Gasteiger partial charge in [-0.05, 0) is 93.6 Å². The van der Waals surface area contributed by atoms with Crippen LogP contribution in [-0.2, 0) is 16.6 Å². The number of nitrogens with zero attached hydrogens (tertiary/aromatic N) is 7. The van der Waals surface area contributed by atoms with Crippen molar-refractivity contribution in [1.29, 1.82) is 0 Å². The number of imide groups is 1. The van der Waals surface area contributed by atoms with E-state index in [9.17, 15) is 19.2 Å². The molecule has 5 aromatic rings. The number of methoxy groups -OCH3 is 1. The van der Waals surface area contributed by atoms with Gasteiger partial charge in [0.25, 0.3) is 5.91 Å². The van der Waals surface area contributed by atoms with Gasteiger partial charge in [-0.1, -0.05) is 12.1 Å². The molecule has 8 rings (SSSR count). The number of benzene rings is 2. The van der Waals surface area contributed by atoms with E-state index in [1.165, 1.54) is 12.5 Å². The van der Waals surface area contributed by atoms with E-state index in [-0.39, 0.29) is 29.6 Å². The molecule has 3 aliphatic rings. The first kappa shape index (κ1) is 33.8. The van der Waals surface area contributed by atoms with E-state index in [1.54, 1.807) is 29.4 Å². The van der Waals surface area contributed by atoms with E-state index >= 15 is 0 Å². The zero-order chi connectivity index (χ0) is 35.9. The molecule has 0 spiro atoms. The molecular formula is C38H43N9O5. The molecule has 2 aromatic carbocycles. The number of imidazole rings is 1. The molecule has 5 heterocycles. The second-order valence-corrected chi connectivity index (χ2v) is 14.4. The molecular weight excluding hydrogens is 662 g/mol. The summed E-state index contributed by atoms with van der Waals surface area (Å²) in [4.78, 5) is 61.1. The largest absolute Gasteiger partial charge is 0.494 e. The molecule has 3 aromatic heterocycles. The average molecular weight is 706 g/mol. The topological polar surface area (TPSA) is 158 Å². The number of carbonyl (C=O) groups excluding carboxylic acids is 3. The molecule has 1 unspecified atom stereocenters. The van der Waals surface area contributed by atoms with E-state index in [2.05, 4.69) is 42.4 Å². The summed E-state index contributed by atoms with van der Waals surface area (Å²) in [6.07, 6.45) is 11.9. The second kappa shape index (κ2) is 14.0. The third-order valence-electron chi connectivity index (χ3n) is 11.3. The number of hydrogen-bond acceptors (Lipinski definition) is 9. The summed E-state index contributed by atoms with van der Waals surface area (Å²) in [7, 11) is 3.36. The van der Waals surface area contributed by atoms with Crippen molar-refractivity contribution < 1.29 is 19.1 Å². The number of rotatable bonds is 8. The monoisotopic (exact) mass is 705 g/mol. The Bertz CT molecular complexity index is 2210. The standard InChI is InChI=1S/C38H43N9O5/c1-44-35-27(4-3-5-31(35)47(38(44)51)32-10-11-34(48)42-37(32)50)24-13-16-45(17-14-24)20-23-6-8-26(9-7-23)46-21-25-18-30(33(52-2)19-29(25)43-46)41-36(49)28-12-15-39-22-40-28/h3-5,12,15,18-19,21-24,26,32H,6-11,13-14,16-17,20H2,1-2H3,(H,41,49)(H,42,48,50). The van der Waals surface area contributed by atoms with Gasteiger partial charge in [-0.3, -0.25) is 33.5 Å². The SMILES string of the molecule is COc1cc2nn(C3CCC(CN4CCC(c5cccc6c5n(C)c(=O)n6C5CCC(=O)NC5=O)CC4)CC3)cc2cc1NC(=O)c1ccncn1. The highest BCUT2D eigenvalue weighted by atomic mass is 16.5. The van der Waals surface area contributed by atoms with Gasteiger partial charge >= 0.3 is 5.69 Å². The summed E-state index contributed by atoms with van der Waals surface area (Å²) in [6, 6.07) is 11.0. The van der Waals surface area contributed by atoms with Crippen molar-refractivity contribution in [3.05, 3.63) is 76.9 Å². The Morgan fingerprint density at radius 2 is 1.83 bits per heavy atom. The molecule has 3 fully saturated rings. The molecule has 0 radical (unpaired) electrons. The molecule has 2 aliphatic heterocycles. The Morgan fingerprint density at radius 1 is 1.02 bits per heavy atom. The van der Waals surface area contributed by atoms with Gasteiger partial charge < -0.3 is 15.0 Å². The number of fused-ring (bicyclic) bond motifs is 2. The minimum atomic E-state index is -0.680. The highest BCUT2D eigenvalue weighted by Gasteiger charge is 2.33. The van der Waals surface area contributed by atoms with Gasteiger partial charge in [-0.15, -0.1) is 0 Å². The van der Waals surface area contributed by atoms with Gasteiger partial charge in [0.05, 0.1) is 35.4 Å². The lowest BCUT2D eigenvalue weighted by molar-refractivity contribution is -0.135. The summed E-state index contributed by atoms with van der Waals surface area (Å²) >= 11 is 0. The van der Waals surface area contributed by atoms with Crippen LogP contribution in [-0.4, -0.2) is 78.2 Å². The molecule has 52 heavy (non-hydrogen) atoms. The number of hydrogen-bond donors (Lipinski definition) is 2.